The van der Waals surface area contributed by atoms with Gasteiger partial charge in [-0.15, -0.1) is 11.3 Å². The van der Waals surface area contributed by atoms with Crippen LogP contribution in [0.25, 0.3) is 0 Å². The maximum Gasteiger partial charge on any atom is 0.273 e. The van der Waals surface area contributed by atoms with Crippen LogP contribution in [0.3, 0.4) is 0 Å². The van der Waals surface area contributed by atoms with Crippen LogP contribution >= 0.6 is 11.3 Å². The van der Waals surface area contributed by atoms with Crippen LogP contribution in [0.5, 0.6) is 0 Å². The van der Waals surface area contributed by atoms with Gasteiger partial charge in [0.1, 0.15) is 5.69 Å². The molecular formula is C12H19N3OS. The highest BCUT2D eigenvalue weighted by molar-refractivity contribution is 7.13. The summed E-state index contributed by atoms with van der Waals surface area (Å²) in [4.78, 5) is 18.3. The van der Waals surface area contributed by atoms with Gasteiger partial charge in [-0.05, 0) is 19.8 Å². The van der Waals surface area contributed by atoms with Crippen molar-refractivity contribution in [3.05, 3.63) is 11.1 Å². The van der Waals surface area contributed by atoms with Crippen molar-refractivity contribution in [2.24, 2.45) is 0 Å². The van der Waals surface area contributed by atoms with Crippen molar-refractivity contribution in [1.29, 1.82) is 0 Å². The quantitative estimate of drug-likeness (QED) is 0.900. The molecule has 1 fully saturated rings. The minimum absolute atomic E-state index is 0.0346. The second-order valence-electron chi connectivity index (χ2n) is 4.45. The molecule has 0 aliphatic heterocycles. The first-order valence-corrected chi connectivity index (χ1v) is 7.12. The summed E-state index contributed by atoms with van der Waals surface area (Å²) in [5.74, 6) is 0.0346. The van der Waals surface area contributed by atoms with Crippen LogP contribution in [0, 0.1) is 0 Å². The van der Waals surface area contributed by atoms with Gasteiger partial charge in [-0.3, -0.25) is 4.79 Å². The lowest BCUT2D eigenvalue weighted by Gasteiger charge is -2.33. The number of hydrogen-bond acceptors (Lipinski definition) is 4. The molecule has 1 heterocycles. The number of thiazole rings is 1. The molecule has 1 aromatic heterocycles. The van der Waals surface area contributed by atoms with E-state index in [1.807, 2.05) is 11.8 Å². The molecular weight excluding hydrogens is 234 g/mol. The Hall–Kier alpha value is -1.10. The van der Waals surface area contributed by atoms with Gasteiger partial charge >= 0.3 is 0 Å². The van der Waals surface area contributed by atoms with Crippen molar-refractivity contribution < 1.29 is 4.79 Å². The zero-order chi connectivity index (χ0) is 12.3. The molecule has 5 heteroatoms. The van der Waals surface area contributed by atoms with Crippen molar-refractivity contribution in [1.82, 2.24) is 9.88 Å². The number of amides is 1. The van der Waals surface area contributed by atoms with Crippen LogP contribution in [0.4, 0.5) is 5.13 Å². The van der Waals surface area contributed by atoms with E-state index in [9.17, 15) is 4.79 Å². The zero-order valence-electron chi connectivity index (χ0n) is 10.2. The number of nitrogen functional groups attached to an aromatic ring is 1. The molecule has 0 bridgehead atoms. The second-order valence-corrected chi connectivity index (χ2v) is 5.34. The average molecular weight is 253 g/mol. The van der Waals surface area contributed by atoms with E-state index in [2.05, 4.69) is 4.98 Å². The number of nitrogens with zero attached hydrogens (tertiary/aromatic N) is 2. The predicted molar refractivity (Wildman–Crippen MR) is 70.1 cm³/mol. The summed E-state index contributed by atoms with van der Waals surface area (Å²) in [6, 6.07) is 0.393. The number of rotatable bonds is 3. The molecule has 4 nitrogen and oxygen atoms in total. The van der Waals surface area contributed by atoms with Crippen LogP contribution in [-0.2, 0) is 0 Å². The largest absolute Gasteiger partial charge is 0.375 e. The van der Waals surface area contributed by atoms with Gasteiger partial charge in [0, 0.05) is 18.0 Å². The molecule has 17 heavy (non-hydrogen) atoms. The third-order valence-corrected chi connectivity index (χ3v) is 4.03. The number of anilines is 1. The van der Waals surface area contributed by atoms with Crippen molar-refractivity contribution in [3.63, 3.8) is 0 Å². The maximum absolute atomic E-state index is 12.3. The first-order chi connectivity index (χ1) is 8.22. The van der Waals surface area contributed by atoms with E-state index in [0.717, 1.165) is 19.4 Å². The molecule has 0 aromatic carbocycles. The zero-order valence-corrected chi connectivity index (χ0v) is 11.0. The number of carbonyl (C=O) groups excluding carboxylic acids is 1. The summed E-state index contributed by atoms with van der Waals surface area (Å²) in [6.07, 6.45) is 6.01. The standard InChI is InChI=1S/C12H19N3OS/c1-2-15(9-6-4-3-5-7-9)11(16)10-8-17-12(13)14-10/h8-9H,2-7H2,1H3,(H2,13,14). The van der Waals surface area contributed by atoms with Crippen LogP contribution in [-0.4, -0.2) is 28.4 Å². The summed E-state index contributed by atoms with van der Waals surface area (Å²) in [7, 11) is 0. The number of aromatic nitrogens is 1. The summed E-state index contributed by atoms with van der Waals surface area (Å²) in [5, 5.41) is 2.22. The molecule has 1 aliphatic carbocycles. The summed E-state index contributed by atoms with van der Waals surface area (Å²) in [6.45, 7) is 2.78. The molecule has 1 amide bonds. The van der Waals surface area contributed by atoms with E-state index in [1.54, 1.807) is 5.38 Å². The molecule has 2 rings (SSSR count). The Bertz CT molecular complexity index is 385. The van der Waals surface area contributed by atoms with Crippen LogP contribution < -0.4 is 5.73 Å². The van der Waals surface area contributed by atoms with Gasteiger partial charge in [-0.2, -0.15) is 0 Å². The first-order valence-electron chi connectivity index (χ1n) is 6.24. The van der Waals surface area contributed by atoms with Crippen LogP contribution in [0.1, 0.15) is 49.5 Å². The molecule has 0 saturated heterocycles. The monoisotopic (exact) mass is 253 g/mol. The highest BCUT2D eigenvalue weighted by atomic mass is 32.1. The Morgan fingerprint density at radius 3 is 2.76 bits per heavy atom. The molecule has 1 aliphatic rings. The summed E-state index contributed by atoms with van der Waals surface area (Å²) in [5.41, 5.74) is 6.07. The van der Waals surface area contributed by atoms with Crippen molar-refractivity contribution in [2.75, 3.05) is 12.3 Å². The fourth-order valence-corrected chi connectivity index (χ4v) is 3.03. The lowest BCUT2D eigenvalue weighted by atomic mass is 9.94. The van der Waals surface area contributed by atoms with Crippen molar-refractivity contribution >= 4 is 22.4 Å². The highest BCUT2D eigenvalue weighted by Gasteiger charge is 2.26. The third kappa shape index (κ3) is 2.77. The predicted octanol–water partition coefficient (Wildman–Crippen LogP) is 2.52. The average Bonchev–Trinajstić information content (AvgIpc) is 2.78. The number of carbonyl (C=O) groups is 1. The highest BCUT2D eigenvalue weighted by Crippen LogP contribution is 2.24. The number of nitrogens with two attached hydrogens (primary N) is 1. The second kappa shape index (κ2) is 5.49. The van der Waals surface area contributed by atoms with Gasteiger partial charge in [0.2, 0.25) is 0 Å². The van der Waals surface area contributed by atoms with Crippen LogP contribution in [0.2, 0.25) is 0 Å². The smallest absolute Gasteiger partial charge is 0.273 e. The molecule has 2 N–H and O–H groups in total. The Morgan fingerprint density at radius 1 is 1.53 bits per heavy atom. The SMILES string of the molecule is CCN(C(=O)c1csc(N)n1)C1CCCCC1. The summed E-state index contributed by atoms with van der Waals surface area (Å²) >= 11 is 1.33. The Kier molecular flexibility index (Phi) is 3.99. The van der Waals surface area contributed by atoms with E-state index in [1.165, 1.54) is 30.6 Å². The van der Waals surface area contributed by atoms with Gasteiger partial charge in [0.05, 0.1) is 0 Å². The lowest BCUT2D eigenvalue weighted by Crippen LogP contribution is -2.41. The van der Waals surface area contributed by atoms with Crippen LogP contribution in [0.15, 0.2) is 5.38 Å². The topological polar surface area (TPSA) is 59.2 Å². The molecule has 0 atom stereocenters. The Morgan fingerprint density at radius 2 is 2.24 bits per heavy atom. The van der Waals surface area contributed by atoms with Gasteiger partial charge in [-0.1, -0.05) is 19.3 Å². The van der Waals surface area contributed by atoms with E-state index in [0.29, 0.717) is 16.9 Å². The first kappa shape index (κ1) is 12.4. The van der Waals surface area contributed by atoms with Crippen molar-refractivity contribution in [3.8, 4) is 0 Å². The fraction of sp³-hybridized carbons (Fsp3) is 0.667. The molecule has 94 valence electrons. The Labute approximate surface area is 106 Å². The maximum atomic E-state index is 12.3. The van der Waals surface area contributed by atoms with Gasteiger partial charge in [0.25, 0.3) is 5.91 Å². The van der Waals surface area contributed by atoms with Crippen molar-refractivity contribution in [2.45, 2.75) is 45.1 Å². The number of hydrogen-bond donors (Lipinski definition) is 1. The lowest BCUT2D eigenvalue weighted by molar-refractivity contribution is 0.0643. The Balaban J connectivity index is 2.09. The van der Waals surface area contributed by atoms with E-state index in [4.69, 9.17) is 5.73 Å². The minimum atomic E-state index is 0.0346. The molecule has 0 radical (unpaired) electrons. The summed E-state index contributed by atoms with van der Waals surface area (Å²) < 4.78 is 0. The molecule has 1 saturated carbocycles. The van der Waals surface area contributed by atoms with Gasteiger partial charge < -0.3 is 10.6 Å². The molecule has 0 unspecified atom stereocenters. The van der Waals surface area contributed by atoms with E-state index < -0.39 is 0 Å². The van der Waals surface area contributed by atoms with E-state index in [-0.39, 0.29) is 5.91 Å². The molecule has 1 aromatic rings. The van der Waals surface area contributed by atoms with E-state index >= 15 is 0 Å². The minimum Gasteiger partial charge on any atom is -0.375 e. The third-order valence-electron chi connectivity index (χ3n) is 3.36. The van der Waals surface area contributed by atoms with Gasteiger partial charge in [-0.25, -0.2) is 4.98 Å². The van der Waals surface area contributed by atoms with Gasteiger partial charge in [0.15, 0.2) is 5.13 Å². The normalized spacial score (nSPS) is 17.0. The fourth-order valence-electron chi connectivity index (χ4n) is 2.49. The molecule has 0 spiro atoms.